The van der Waals surface area contributed by atoms with Crippen molar-refractivity contribution in [1.29, 1.82) is 0 Å². The molecule has 14 heavy (non-hydrogen) atoms. The van der Waals surface area contributed by atoms with Crippen LogP contribution in [0.4, 0.5) is 0 Å². The Labute approximate surface area is 95.9 Å². The summed E-state index contributed by atoms with van der Waals surface area (Å²) in [4.78, 5) is 4.12. The third-order valence-corrected chi connectivity index (χ3v) is 3.15. The van der Waals surface area contributed by atoms with Gasteiger partial charge >= 0.3 is 0 Å². The molecule has 0 atom stereocenters. The van der Waals surface area contributed by atoms with E-state index in [2.05, 4.69) is 25.3 Å². The fourth-order valence-corrected chi connectivity index (χ4v) is 2.50. The molecule has 0 saturated heterocycles. The quantitative estimate of drug-likeness (QED) is 0.592. The summed E-state index contributed by atoms with van der Waals surface area (Å²) in [6.45, 7) is 5.01. The molecular formula is C8H13BrN2O2S. The van der Waals surface area contributed by atoms with Crippen molar-refractivity contribution in [3.8, 4) is 0 Å². The number of ether oxygens (including phenoxy) is 2. The van der Waals surface area contributed by atoms with Crippen LogP contribution in [0.15, 0.2) is 6.33 Å². The fraction of sp³-hybridized carbons (Fsp3) is 0.750. The van der Waals surface area contributed by atoms with Crippen LogP contribution in [0.2, 0.25) is 0 Å². The Balaban J connectivity index is 2.88. The zero-order chi connectivity index (χ0) is 10.4. The van der Waals surface area contributed by atoms with E-state index in [0.717, 1.165) is 5.01 Å². The lowest BCUT2D eigenvalue weighted by atomic mass is 10.3. The summed E-state index contributed by atoms with van der Waals surface area (Å²) in [6.07, 6.45) is 1.51. The highest BCUT2D eigenvalue weighted by Gasteiger charge is 2.36. The first-order valence-corrected chi connectivity index (χ1v) is 6.29. The molecule has 4 nitrogen and oxygen atoms in total. The first kappa shape index (κ1) is 12.0. The van der Waals surface area contributed by atoms with E-state index in [1.54, 1.807) is 0 Å². The van der Waals surface area contributed by atoms with E-state index in [-0.39, 0.29) is 0 Å². The molecule has 0 amide bonds. The zero-order valence-corrected chi connectivity index (χ0v) is 10.6. The van der Waals surface area contributed by atoms with Gasteiger partial charge in [-0.15, -0.1) is 0 Å². The lowest BCUT2D eigenvalue weighted by molar-refractivity contribution is -0.225. The molecule has 1 rings (SSSR count). The predicted molar refractivity (Wildman–Crippen MR) is 58.6 cm³/mol. The lowest BCUT2D eigenvalue weighted by Crippen LogP contribution is -2.35. The van der Waals surface area contributed by atoms with Crippen LogP contribution in [0, 0.1) is 0 Å². The van der Waals surface area contributed by atoms with Gasteiger partial charge < -0.3 is 9.47 Å². The first-order chi connectivity index (χ1) is 6.79. The molecule has 0 aromatic carbocycles. The Morgan fingerprint density at radius 3 is 2.43 bits per heavy atom. The van der Waals surface area contributed by atoms with E-state index in [1.165, 1.54) is 17.9 Å². The minimum atomic E-state index is -0.773. The molecule has 1 heterocycles. The van der Waals surface area contributed by atoms with E-state index in [0.29, 0.717) is 18.5 Å². The number of halogens is 1. The van der Waals surface area contributed by atoms with Gasteiger partial charge in [0.1, 0.15) is 6.33 Å². The Morgan fingerprint density at radius 1 is 1.43 bits per heavy atom. The second kappa shape index (κ2) is 5.75. The third kappa shape index (κ3) is 2.50. The van der Waals surface area contributed by atoms with Crippen LogP contribution in [0.1, 0.15) is 18.9 Å². The molecule has 80 valence electrons. The van der Waals surface area contributed by atoms with Gasteiger partial charge in [0.05, 0.1) is 5.33 Å². The number of hydrogen-bond donors (Lipinski definition) is 0. The van der Waals surface area contributed by atoms with Crippen molar-refractivity contribution in [2.24, 2.45) is 0 Å². The first-order valence-electron chi connectivity index (χ1n) is 4.40. The lowest BCUT2D eigenvalue weighted by Gasteiger charge is -2.28. The fourth-order valence-electron chi connectivity index (χ4n) is 1.11. The monoisotopic (exact) mass is 280 g/mol. The molecule has 0 aliphatic rings. The van der Waals surface area contributed by atoms with Gasteiger partial charge in [0.2, 0.25) is 5.79 Å². The minimum absolute atomic E-state index is 0.552. The standard InChI is InChI=1S/C8H13BrN2O2S/c1-3-12-8(5-9,13-4-2)7-10-6-11-14-7/h6H,3-5H2,1-2H3. The summed E-state index contributed by atoms with van der Waals surface area (Å²) in [5, 5.41) is 1.30. The largest absolute Gasteiger partial charge is 0.344 e. The summed E-state index contributed by atoms with van der Waals surface area (Å²) in [6, 6.07) is 0. The van der Waals surface area contributed by atoms with E-state index >= 15 is 0 Å². The molecule has 0 aliphatic heterocycles. The van der Waals surface area contributed by atoms with Gasteiger partial charge in [0.15, 0.2) is 5.01 Å². The highest BCUT2D eigenvalue weighted by Crippen LogP contribution is 2.30. The van der Waals surface area contributed by atoms with Crippen molar-refractivity contribution in [2.75, 3.05) is 18.5 Å². The average molecular weight is 281 g/mol. The van der Waals surface area contributed by atoms with Crippen molar-refractivity contribution < 1.29 is 9.47 Å². The minimum Gasteiger partial charge on any atom is -0.344 e. The zero-order valence-electron chi connectivity index (χ0n) is 8.20. The molecule has 1 aromatic heterocycles. The molecule has 0 spiro atoms. The number of nitrogens with zero attached hydrogens (tertiary/aromatic N) is 2. The van der Waals surface area contributed by atoms with E-state index < -0.39 is 5.79 Å². The third-order valence-electron chi connectivity index (χ3n) is 1.62. The molecule has 0 aliphatic carbocycles. The van der Waals surface area contributed by atoms with Crippen molar-refractivity contribution in [1.82, 2.24) is 9.36 Å². The summed E-state index contributed by atoms with van der Waals surface area (Å²) in [5.74, 6) is -0.773. The maximum atomic E-state index is 5.60. The molecule has 6 heteroatoms. The van der Waals surface area contributed by atoms with Gasteiger partial charge in [-0.25, -0.2) is 4.98 Å². The molecule has 0 N–H and O–H groups in total. The van der Waals surface area contributed by atoms with Crippen LogP contribution in [0.5, 0.6) is 0 Å². The smallest absolute Gasteiger partial charge is 0.233 e. The van der Waals surface area contributed by atoms with Crippen LogP contribution >= 0.6 is 27.5 Å². The summed E-state index contributed by atoms with van der Waals surface area (Å²) >= 11 is 4.68. The molecule has 0 saturated carbocycles. The molecule has 1 aromatic rings. The summed E-state index contributed by atoms with van der Waals surface area (Å²) in [5.41, 5.74) is 0. The van der Waals surface area contributed by atoms with Crippen molar-refractivity contribution in [2.45, 2.75) is 19.6 Å². The van der Waals surface area contributed by atoms with E-state index in [1.807, 2.05) is 13.8 Å². The number of rotatable bonds is 6. The van der Waals surface area contributed by atoms with Crippen molar-refractivity contribution in [3.63, 3.8) is 0 Å². The Kier molecular flexibility index (Phi) is 4.94. The van der Waals surface area contributed by atoms with E-state index in [9.17, 15) is 0 Å². The number of hydrogen-bond acceptors (Lipinski definition) is 5. The van der Waals surface area contributed by atoms with Crippen LogP contribution in [0.25, 0.3) is 0 Å². The Hall–Kier alpha value is -0.0400. The van der Waals surface area contributed by atoms with Crippen LogP contribution < -0.4 is 0 Å². The summed E-state index contributed by atoms with van der Waals surface area (Å²) < 4.78 is 15.2. The second-order valence-corrected chi connectivity index (χ2v) is 3.84. The maximum Gasteiger partial charge on any atom is 0.233 e. The highest BCUT2D eigenvalue weighted by atomic mass is 79.9. The van der Waals surface area contributed by atoms with Gasteiger partial charge in [-0.3, -0.25) is 0 Å². The topological polar surface area (TPSA) is 44.2 Å². The Bertz CT molecular complexity index is 250. The summed E-state index contributed by atoms with van der Waals surface area (Å²) in [7, 11) is 0. The predicted octanol–water partition coefficient (Wildman–Crippen LogP) is 2.16. The number of aromatic nitrogens is 2. The Morgan fingerprint density at radius 2 is 2.07 bits per heavy atom. The second-order valence-electron chi connectivity index (χ2n) is 2.50. The highest BCUT2D eigenvalue weighted by molar-refractivity contribution is 9.09. The SMILES string of the molecule is CCOC(CBr)(OCC)c1ncns1. The van der Waals surface area contributed by atoms with Gasteiger partial charge in [-0.2, -0.15) is 4.37 Å². The molecule has 0 unspecified atom stereocenters. The van der Waals surface area contributed by atoms with Crippen LogP contribution in [-0.4, -0.2) is 27.9 Å². The van der Waals surface area contributed by atoms with Crippen molar-refractivity contribution in [3.05, 3.63) is 11.3 Å². The molecule has 0 fully saturated rings. The van der Waals surface area contributed by atoms with Crippen molar-refractivity contribution >= 4 is 27.5 Å². The average Bonchev–Trinajstić information content (AvgIpc) is 2.70. The van der Waals surface area contributed by atoms with Crippen LogP contribution in [-0.2, 0) is 15.3 Å². The van der Waals surface area contributed by atoms with E-state index in [4.69, 9.17) is 9.47 Å². The van der Waals surface area contributed by atoms with Gasteiger partial charge in [0.25, 0.3) is 0 Å². The van der Waals surface area contributed by atoms with Gasteiger partial charge in [-0.1, -0.05) is 15.9 Å². The number of alkyl halides is 1. The van der Waals surface area contributed by atoms with Gasteiger partial charge in [0, 0.05) is 13.2 Å². The van der Waals surface area contributed by atoms with Crippen LogP contribution in [0.3, 0.4) is 0 Å². The molecule has 0 radical (unpaired) electrons. The molecular weight excluding hydrogens is 268 g/mol. The molecule has 0 bridgehead atoms. The maximum absolute atomic E-state index is 5.60. The normalized spacial score (nSPS) is 11.9. The van der Waals surface area contributed by atoms with Gasteiger partial charge in [-0.05, 0) is 25.4 Å².